The predicted octanol–water partition coefficient (Wildman–Crippen LogP) is 3.57. The maximum absolute atomic E-state index is 13.8. The summed E-state index contributed by atoms with van der Waals surface area (Å²) in [5.74, 6) is 0.0435. The molecule has 0 aliphatic heterocycles. The number of amides is 2. The van der Waals surface area contributed by atoms with Crippen molar-refractivity contribution in [3.8, 4) is 0 Å². The van der Waals surface area contributed by atoms with Gasteiger partial charge >= 0.3 is 0 Å². The molecule has 0 radical (unpaired) electrons. The quantitative estimate of drug-likeness (QED) is 0.341. The van der Waals surface area contributed by atoms with E-state index in [0.717, 1.165) is 10.4 Å². The average molecular weight is 487 g/mol. The topological polar surface area (TPSA) is 106 Å². The second-order valence-electron chi connectivity index (χ2n) is 7.82. The zero-order valence-electron chi connectivity index (χ0n) is 18.7. The minimum Gasteiger partial charge on any atom is -0.467 e. The lowest BCUT2D eigenvalue weighted by Crippen LogP contribution is -2.44. The summed E-state index contributed by atoms with van der Waals surface area (Å²) in [6.07, 6.45) is 4.78. The highest BCUT2D eigenvalue weighted by Gasteiger charge is 2.32. The SMILES string of the molecule is O=C(NCc1ccco1)C(c1ccncc1)N(Cc1cccs1)C(=O)Cn1nnc2ccccc21. The van der Waals surface area contributed by atoms with Crippen LogP contribution in [0.3, 0.4) is 0 Å². The van der Waals surface area contributed by atoms with E-state index in [1.165, 1.54) is 11.3 Å². The molecule has 1 atom stereocenters. The van der Waals surface area contributed by atoms with Gasteiger partial charge in [0.15, 0.2) is 0 Å². The molecule has 1 aromatic carbocycles. The van der Waals surface area contributed by atoms with Crippen molar-refractivity contribution in [2.45, 2.75) is 25.7 Å². The van der Waals surface area contributed by atoms with E-state index >= 15 is 0 Å². The summed E-state index contributed by atoms with van der Waals surface area (Å²) in [6, 6.07) is 17.5. The number of benzene rings is 1. The van der Waals surface area contributed by atoms with Gasteiger partial charge in [-0.05, 0) is 53.4 Å². The first-order valence-corrected chi connectivity index (χ1v) is 11.9. The number of carbonyl (C=O) groups is 2. The minimum absolute atomic E-state index is 0.0566. The van der Waals surface area contributed by atoms with Gasteiger partial charge in [-0.1, -0.05) is 23.4 Å². The number of aromatic nitrogens is 4. The summed E-state index contributed by atoms with van der Waals surface area (Å²) >= 11 is 1.53. The Morgan fingerprint density at radius 3 is 2.69 bits per heavy atom. The summed E-state index contributed by atoms with van der Waals surface area (Å²) in [6.45, 7) is 0.422. The molecule has 0 saturated carbocycles. The maximum Gasteiger partial charge on any atom is 0.247 e. The van der Waals surface area contributed by atoms with Crippen molar-refractivity contribution in [1.29, 1.82) is 0 Å². The molecule has 4 aromatic heterocycles. The van der Waals surface area contributed by atoms with Crippen LogP contribution in [-0.2, 0) is 29.2 Å². The molecule has 2 amide bonds. The largest absolute Gasteiger partial charge is 0.467 e. The molecule has 0 aliphatic carbocycles. The first kappa shape index (κ1) is 22.5. The third-order valence-electron chi connectivity index (χ3n) is 5.53. The van der Waals surface area contributed by atoms with Gasteiger partial charge in [-0.15, -0.1) is 16.4 Å². The zero-order chi connectivity index (χ0) is 24.0. The molecule has 0 bridgehead atoms. The normalized spacial score (nSPS) is 11.9. The van der Waals surface area contributed by atoms with E-state index in [2.05, 4.69) is 20.6 Å². The van der Waals surface area contributed by atoms with E-state index in [1.807, 2.05) is 41.8 Å². The molecule has 1 unspecified atom stereocenters. The Morgan fingerprint density at radius 2 is 1.91 bits per heavy atom. The van der Waals surface area contributed by atoms with E-state index in [1.54, 1.807) is 52.5 Å². The fraction of sp³-hybridized carbons (Fsp3) is 0.160. The van der Waals surface area contributed by atoms with Crippen molar-refractivity contribution in [2.75, 3.05) is 0 Å². The highest BCUT2D eigenvalue weighted by atomic mass is 32.1. The van der Waals surface area contributed by atoms with Gasteiger partial charge in [-0.3, -0.25) is 14.6 Å². The van der Waals surface area contributed by atoms with E-state index in [-0.39, 0.29) is 31.4 Å². The van der Waals surface area contributed by atoms with E-state index in [9.17, 15) is 9.59 Å². The van der Waals surface area contributed by atoms with E-state index in [0.29, 0.717) is 16.8 Å². The number of rotatable bonds is 9. The van der Waals surface area contributed by atoms with Crippen LogP contribution in [-0.4, -0.2) is 36.7 Å². The highest BCUT2D eigenvalue weighted by Crippen LogP contribution is 2.26. The van der Waals surface area contributed by atoms with Gasteiger partial charge in [0, 0.05) is 17.3 Å². The number of nitrogens with zero attached hydrogens (tertiary/aromatic N) is 5. The minimum atomic E-state index is -0.877. The van der Waals surface area contributed by atoms with Gasteiger partial charge in [0.25, 0.3) is 0 Å². The van der Waals surface area contributed by atoms with Gasteiger partial charge in [-0.25, -0.2) is 4.68 Å². The molecule has 0 fully saturated rings. The van der Waals surface area contributed by atoms with Crippen molar-refractivity contribution >= 4 is 34.2 Å². The van der Waals surface area contributed by atoms with Crippen molar-refractivity contribution in [3.05, 3.63) is 101 Å². The number of para-hydroxylation sites is 1. The number of carbonyl (C=O) groups excluding carboxylic acids is 2. The summed E-state index contributed by atoms with van der Waals surface area (Å²) in [5.41, 5.74) is 2.11. The molecule has 0 saturated heterocycles. The second-order valence-corrected chi connectivity index (χ2v) is 8.85. The summed E-state index contributed by atoms with van der Waals surface area (Å²) in [5, 5.41) is 13.2. The lowest BCUT2D eigenvalue weighted by molar-refractivity contribution is -0.142. The number of fused-ring (bicyclic) bond motifs is 1. The molecule has 1 N–H and O–H groups in total. The number of nitrogens with one attached hydrogen (secondary N) is 1. The highest BCUT2D eigenvalue weighted by molar-refractivity contribution is 7.09. The van der Waals surface area contributed by atoms with E-state index in [4.69, 9.17) is 4.42 Å². The maximum atomic E-state index is 13.8. The second kappa shape index (κ2) is 10.3. The molecule has 5 rings (SSSR count). The molecular formula is C25H22N6O3S. The third kappa shape index (κ3) is 5.12. The van der Waals surface area contributed by atoms with Crippen molar-refractivity contribution < 1.29 is 14.0 Å². The van der Waals surface area contributed by atoms with Crippen LogP contribution in [0.1, 0.15) is 22.2 Å². The fourth-order valence-electron chi connectivity index (χ4n) is 3.85. The number of thiophene rings is 1. The smallest absolute Gasteiger partial charge is 0.247 e. The number of hydrogen-bond acceptors (Lipinski definition) is 7. The molecule has 176 valence electrons. The van der Waals surface area contributed by atoms with Crippen LogP contribution in [0.25, 0.3) is 11.0 Å². The molecule has 0 spiro atoms. The van der Waals surface area contributed by atoms with Crippen LogP contribution in [0.5, 0.6) is 0 Å². The first-order valence-electron chi connectivity index (χ1n) is 11.0. The monoisotopic (exact) mass is 486 g/mol. The van der Waals surface area contributed by atoms with Gasteiger partial charge in [0.2, 0.25) is 11.8 Å². The average Bonchev–Trinajstić information content (AvgIpc) is 3.66. The van der Waals surface area contributed by atoms with Gasteiger partial charge in [0.05, 0.1) is 24.9 Å². The molecule has 0 aliphatic rings. The van der Waals surface area contributed by atoms with Gasteiger partial charge in [-0.2, -0.15) is 0 Å². The molecule has 35 heavy (non-hydrogen) atoms. The Morgan fingerprint density at radius 1 is 1.06 bits per heavy atom. The van der Waals surface area contributed by atoms with Crippen LogP contribution in [0.4, 0.5) is 0 Å². The van der Waals surface area contributed by atoms with Crippen molar-refractivity contribution in [1.82, 2.24) is 30.2 Å². The van der Waals surface area contributed by atoms with Gasteiger partial charge in [0.1, 0.15) is 23.9 Å². The molecular weight excluding hydrogens is 464 g/mol. The Labute approximate surface area is 205 Å². The number of furan rings is 1. The van der Waals surface area contributed by atoms with Crippen LogP contribution in [0.2, 0.25) is 0 Å². The third-order valence-corrected chi connectivity index (χ3v) is 6.39. The Kier molecular flexibility index (Phi) is 6.62. The standard InChI is InChI=1S/C25H22N6O3S/c32-23(17-31-22-8-2-1-7-21(22)28-29-31)30(16-20-6-4-14-35-20)24(18-9-11-26-12-10-18)25(33)27-15-19-5-3-13-34-19/h1-14,24H,15-17H2,(H,27,33). The molecule has 9 nitrogen and oxygen atoms in total. The summed E-state index contributed by atoms with van der Waals surface area (Å²) in [4.78, 5) is 33.9. The number of hydrogen-bond donors (Lipinski definition) is 1. The molecule has 5 aromatic rings. The Balaban J connectivity index is 1.48. The first-order chi connectivity index (χ1) is 17.2. The van der Waals surface area contributed by atoms with Crippen LogP contribution in [0.15, 0.2) is 89.1 Å². The van der Waals surface area contributed by atoms with Crippen LogP contribution in [0, 0.1) is 0 Å². The van der Waals surface area contributed by atoms with Crippen molar-refractivity contribution in [3.63, 3.8) is 0 Å². The van der Waals surface area contributed by atoms with Gasteiger partial charge < -0.3 is 14.6 Å². The van der Waals surface area contributed by atoms with E-state index < -0.39 is 6.04 Å². The fourth-order valence-corrected chi connectivity index (χ4v) is 4.55. The Bertz CT molecular complexity index is 1400. The molecule has 10 heteroatoms. The Hall–Kier alpha value is -4.31. The lowest BCUT2D eigenvalue weighted by Gasteiger charge is -2.31. The lowest BCUT2D eigenvalue weighted by atomic mass is 10.0. The van der Waals surface area contributed by atoms with Crippen LogP contribution >= 0.6 is 11.3 Å². The molecule has 4 heterocycles. The van der Waals surface area contributed by atoms with Crippen LogP contribution < -0.4 is 5.32 Å². The van der Waals surface area contributed by atoms with Crippen molar-refractivity contribution in [2.24, 2.45) is 0 Å². The summed E-state index contributed by atoms with van der Waals surface area (Å²) < 4.78 is 6.91. The number of pyridine rings is 1. The summed E-state index contributed by atoms with van der Waals surface area (Å²) in [7, 11) is 0. The predicted molar refractivity (Wildman–Crippen MR) is 130 cm³/mol. The zero-order valence-corrected chi connectivity index (χ0v) is 19.5.